The van der Waals surface area contributed by atoms with E-state index in [4.69, 9.17) is 16.6 Å². The van der Waals surface area contributed by atoms with Gasteiger partial charge in [0.05, 0.1) is 4.88 Å². The first kappa shape index (κ1) is 16.0. The van der Waals surface area contributed by atoms with Crippen LogP contribution >= 0.6 is 23.6 Å². The van der Waals surface area contributed by atoms with Gasteiger partial charge in [0.25, 0.3) is 10.7 Å². The molecule has 0 radical (unpaired) electrons. The fraction of sp³-hybridized carbons (Fsp3) is 0.294. The van der Waals surface area contributed by atoms with E-state index in [2.05, 4.69) is 48.5 Å². The van der Waals surface area contributed by atoms with E-state index in [1.165, 1.54) is 5.56 Å². The smallest absolute Gasteiger partial charge is 0.289 e. The highest BCUT2D eigenvalue weighted by Crippen LogP contribution is 2.23. The van der Waals surface area contributed by atoms with Crippen molar-refractivity contribution in [3.63, 3.8) is 0 Å². The zero-order chi connectivity index (χ0) is 16.2. The molecular weight excluding hydrogens is 326 g/mol. The fourth-order valence-corrected chi connectivity index (χ4v) is 3.07. The van der Waals surface area contributed by atoms with E-state index in [0.717, 1.165) is 17.0 Å². The van der Waals surface area contributed by atoms with E-state index in [9.17, 15) is 0 Å². The Kier molecular flexibility index (Phi) is 4.93. The predicted molar refractivity (Wildman–Crippen MR) is 97.4 cm³/mol. The van der Waals surface area contributed by atoms with E-state index in [0.29, 0.717) is 23.3 Å². The van der Waals surface area contributed by atoms with Crippen molar-refractivity contribution >= 4 is 29.2 Å². The highest BCUT2D eigenvalue weighted by Gasteiger charge is 2.09. The van der Waals surface area contributed by atoms with Crippen molar-refractivity contribution in [3.8, 4) is 10.8 Å². The number of nitrogens with one attached hydrogen (secondary N) is 1. The van der Waals surface area contributed by atoms with Crippen LogP contribution < -0.4 is 5.32 Å². The number of thiophene rings is 1. The van der Waals surface area contributed by atoms with Gasteiger partial charge in [0.15, 0.2) is 0 Å². The first-order chi connectivity index (χ1) is 11.2. The molecule has 1 N–H and O–H groups in total. The van der Waals surface area contributed by atoms with Crippen molar-refractivity contribution in [1.29, 1.82) is 0 Å². The lowest BCUT2D eigenvalue weighted by atomic mass is 9.99. The van der Waals surface area contributed by atoms with Crippen molar-refractivity contribution in [1.82, 2.24) is 9.78 Å². The van der Waals surface area contributed by atoms with Gasteiger partial charge >= 0.3 is 0 Å². The van der Waals surface area contributed by atoms with Gasteiger partial charge in [0.1, 0.15) is 6.67 Å². The molecule has 0 saturated carbocycles. The molecule has 0 aliphatic carbocycles. The maximum absolute atomic E-state index is 5.55. The summed E-state index contributed by atoms with van der Waals surface area (Å²) in [5.41, 5.74) is 2.40. The third-order valence-corrected chi connectivity index (χ3v) is 5.02. The number of anilines is 1. The molecule has 1 atom stereocenters. The Balaban J connectivity index is 1.68. The zero-order valence-electron chi connectivity index (χ0n) is 13.2. The molecule has 0 unspecified atom stereocenters. The minimum Gasteiger partial charge on any atom is -0.408 e. The largest absolute Gasteiger partial charge is 0.408 e. The third kappa shape index (κ3) is 3.71. The molecule has 120 valence electrons. The number of hydrogen-bond donors (Lipinski definition) is 1. The van der Waals surface area contributed by atoms with Crippen LogP contribution in [0.25, 0.3) is 10.8 Å². The molecule has 2 aromatic heterocycles. The van der Waals surface area contributed by atoms with Gasteiger partial charge in [0.2, 0.25) is 0 Å². The molecule has 3 rings (SSSR count). The van der Waals surface area contributed by atoms with Gasteiger partial charge in [-0.05, 0) is 53.7 Å². The van der Waals surface area contributed by atoms with Gasteiger partial charge in [-0.1, -0.05) is 32.0 Å². The Labute approximate surface area is 144 Å². The van der Waals surface area contributed by atoms with Gasteiger partial charge < -0.3 is 9.73 Å². The Morgan fingerprint density at radius 3 is 2.74 bits per heavy atom. The van der Waals surface area contributed by atoms with Crippen molar-refractivity contribution in [2.24, 2.45) is 0 Å². The summed E-state index contributed by atoms with van der Waals surface area (Å²) in [6.45, 7) is 4.92. The molecule has 1 aromatic carbocycles. The summed E-state index contributed by atoms with van der Waals surface area (Å²) in [5, 5.41) is 9.73. The molecule has 0 bridgehead atoms. The summed E-state index contributed by atoms with van der Waals surface area (Å²) < 4.78 is 7.21. The zero-order valence-corrected chi connectivity index (χ0v) is 14.8. The number of aromatic nitrogens is 2. The van der Waals surface area contributed by atoms with E-state index < -0.39 is 0 Å². The second kappa shape index (κ2) is 7.10. The first-order valence-corrected chi connectivity index (χ1v) is 8.92. The molecule has 0 saturated heterocycles. The number of rotatable bonds is 6. The van der Waals surface area contributed by atoms with Crippen LogP contribution in [0.15, 0.2) is 46.2 Å². The normalized spacial score (nSPS) is 12.3. The van der Waals surface area contributed by atoms with Crippen molar-refractivity contribution in [3.05, 3.63) is 52.2 Å². The SMILES string of the molecule is CC[C@@H](C)c1ccc(NCn2nc(-c3cccs3)oc2=S)cc1. The van der Waals surface area contributed by atoms with Crippen LogP contribution in [0.5, 0.6) is 0 Å². The van der Waals surface area contributed by atoms with Gasteiger partial charge in [-0.3, -0.25) is 0 Å². The lowest BCUT2D eigenvalue weighted by Crippen LogP contribution is -2.09. The van der Waals surface area contributed by atoms with Gasteiger partial charge in [0, 0.05) is 5.69 Å². The van der Waals surface area contributed by atoms with Crippen molar-refractivity contribution in [2.45, 2.75) is 32.9 Å². The molecule has 0 amide bonds. The van der Waals surface area contributed by atoms with E-state index in [-0.39, 0.29) is 0 Å². The Hall–Kier alpha value is -1.92. The van der Waals surface area contributed by atoms with Crippen LogP contribution in [0.1, 0.15) is 31.7 Å². The molecule has 6 heteroatoms. The maximum Gasteiger partial charge on any atom is 0.289 e. The molecule has 0 spiro atoms. The van der Waals surface area contributed by atoms with E-state index in [1.54, 1.807) is 16.0 Å². The minimum absolute atomic E-state index is 0.372. The quantitative estimate of drug-likeness (QED) is 0.598. The monoisotopic (exact) mass is 345 g/mol. The Bertz CT molecular complexity index is 803. The Morgan fingerprint density at radius 2 is 2.09 bits per heavy atom. The topological polar surface area (TPSA) is 43.0 Å². The number of hydrogen-bond acceptors (Lipinski definition) is 5. The average Bonchev–Trinajstić information content (AvgIpc) is 3.22. The van der Waals surface area contributed by atoms with Crippen LogP contribution in [0.4, 0.5) is 5.69 Å². The molecular formula is C17H19N3OS2. The van der Waals surface area contributed by atoms with Crippen LogP contribution in [0, 0.1) is 4.84 Å². The third-order valence-electron chi connectivity index (χ3n) is 3.86. The maximum atomic E-state index is 5.55. The van der Waals surface area contributed by atoms with Gasteiger partial charge in [-0.25, -0.2) is 4.68 Å². The molecule has 0 aliphatic rings. The summed E-state index contributed by atoms with van der Waals surface area (Å²) in [7, 11) is 0. The molecule has 23 heavy (non-hydrogen) atoms. The van der Waals surface area contributed by atoms with Crippen molar-refractivity contribution < 1.29 is 4.42 Å². The van der Waals surface area contributed by atoms with Crippen molar-refractivity contribution in [2.75, 3.05) is 5.32 Å². The highest BCUT2D eigenvalue weighted by atomic mass is 32.1. The number of nitrogens with zero attached hydrogens (tertiary/aromatic N) is 2. The molecule has 2 heterocycles. The average molecular weight is 345 g/mol. The van der Waals surface area contributed by atoms with Crippen LogP contribution in [0.2, 0.25) is 0 Å². The predicted octanol–water partition coefficient (Wildman–Crippen LogP) is 5.52. The highest BCUT2D eigenvalue weighted by molar-refractivity contribution is 7.71. The van der Waals surface area contributed by atoms with Gasteiger partial charge in [-0.15, -0.1) is 16.4 Å². The van der Waals surface area contributed by atoms with Crippen LogP contribution in [-0.2, 0) is 6.67 Å². The molecule has 0 fully saturated rings. The van der Waals surface area contributed by atoms with Gasteiger partial charge in [-0.2, -0.15) is 0 Å². The lowest BCUT2D eigenvalue weighted by Gasteiger charge is -2.10. The lowest BCUT2D eigenvalue weighted by molar-refractivity contribution is 0.523. The minimum atomic E-state index is 0.372. The summed E-state index contributed by atoms with van der Waals surface area (Å²) in [6.07, 6.45) is 1.15. The Morgan fingerprint density at radius 1 is 1.30 bits per heavy atom. The molecule has 4 nitrogen and oxygen atoms in total. The molecule has 0 aliphatic heterocycles. The summed E-state index contributed by atoms with van der Waals surface area (Å²) in [4.78, 5) is 1.35. The molecule has 3 aromatic rings. The number of benzene rings is 1. The summed E-state index contributed by atoms with van der Waals surface area (Å²) >= 11 is 6.81. The van der Waals surface area contributed by atoms with Crippen LogP contribution in [-0.4, -0.2) is 9.78 Å². The standard InChI is InChI=1S/C17H19N3OS2/c1-3-12(2)13-6-8-14(9-7-13)18-11-20-17(22)21-16(19-20)15-5-4-10-23-15/h4-10,12,18H,3,11H2,1-2H3/t12-/m1/s1. The van der Waals surface area contributed by atoms with Crippen LogP contribution in [0.3, 0.4) is 0 Å². The fourth-order valence-electron chi connectivity index (χ4n) is 2.24. The van der Waals surface area contributed by atoms with E-state index >= 15 is 0 Å². The summed E-state index contributed by atoms with van der Waals surface area (Å²) in [6, 6.07) is 12.4. The second-order valence-corrected chi connectivity index (χ2v) is 6.71. The summed E-state index contributed by atoms with van der Waals surface area (Å²) in [5.74, 6) is 1.15. The second-order valence-electron chi connectivity index (χ2n) is 5.42. The van der Waals surface area contributed by atoms with E-state index in [1.807, 2.05) is 17.5 Å². The first-order valence-electron chi connectivity index (χ1n) is 7.63.